The molecule has 0 bridgehead atoms. The zero-order chi connectivity index (χ0) is 12.3. The number of nitrogen functional groups attached to an aromatic ring is 1. The van der Waals surface area contributed by atoms with Crippen LogP contribution in [0.4, 0.5) is 5.69 Å². The van der Waals surface area contributed by atoms with Crippen LogP contribution >= 0.6 is 11.6 Å². The Hall–Kier alpha value is -1.06. The maximum Gasteiger partial charge on any atom is 0.165 e. The van der Waals surface area contributed by atoms with Crippen molar-refractivity contribution >= 4 is 23.1 Å². The smallest absolute Gasteiger partial charge is 0.165 e. The Morgan fingerprint density at radius 2 is 2.12 bits per heavy atom. The zero-order valence-corrected chi connectivity index (χ0v) is 10.4. The fraction of sp³-hybridized carbons (Fsp3) is 0.462. The van der Waals surface area contributed by atoms with E-state index in [4.69, 9.17) is 22.1 Å². The summed E-state index contributed by atoms with van der Waals surface area (Å²) < 4.78 is 5.27. The number of benzene rings is 1. The number of rotatable bonds is 3. The van der Waals surface area contributed by atoms with Crippen molar-refractivity contribution in [1.82, 2.24) is 0 Å². The molecule has 0 aromatic heterocycles. The Kier molecular flexibility index (Phi) is 4.02. The SMILES string of the molecule is Nc1cc(Cl)ccc1C(=O)CC1CCOCC1. The first kappa shape index (κ1) is 12.4. The molecule has 92 valence electrons. The molecular formula is C13H16ClNO2. The molecule has 0 aliphatic carbocycles. The number of Topliss-reactive ketones (excluding diaryl/α,β-unsaturated/α-hetero) is 1. The predicted molar refractivity (Wildman–Crippen MR) is 68.4 cm³/mol. The predicted octanol–water partition coefficient (Wildman–Crippen LogP) is 2.92. The minimum absolute atomic E-state index is 0.103. The van der Waals surface area contributed by atoms with Gasteiger partial charge in [0.25, 0.3) is 0 Å². The van der Waals surface area contributed by atoms with Crippen molar-refractivity contribution < 1.29 is 9.53 Å². The molecule has 0 spiro atoms. The summed E-state index contributed by atoms with van der Waals surface area (Å²) in [4.78, 5) is 12.1. The molecule has 1 aromatic carbocycles. The van der Waals surface area contributed by atoms with E-state index in [1.54, 1.807) is 18.2 Å². The lowest BCUT2D eigenvalue weighted by molar-refractivity contribution is 0.0601. The van der Waals surface area contributed by atoms with Gasteiger partial charge in [-0.15, -0.1) is 0 Å². The van der Waals surface area contributed by atoms with Crippen LogP contribution in [0.5, 0.6) is 0 Å². The lowest BCUT2D eigenvalue weighted by Crippen LogP contribution is -2.19. The van der Waals surface area contributed by atoms with Crippen LogP contribution in [-0.4, -0.2) is 19.0 Å². The third-order valence-electron chi connectivity index (χ3n) is 3.13. The zero-order valence-electron chi connectivity index (χ0n) is 9.62. The Bertz CT molecular complexity index is 414. The third kappa shape index (κ3) is 3.20. The molecule has 0 amide bonds. The maximum atomic E-state index is 12.1. The molecular weight excluding hydrogens is 238 g/mol. The second kappa shape index (κ2) is 5.52. The highest BCUT2D eigenvalue weighted by Crippen LogP contribution is 2.24. The van der Waals surface area contributed by atoms with Crippen molar-refractivity contribution in [1.29, 1.82) is 0 Å². The molecule has 2 rings (SSSR count). The van der Waals surface area contributed by atoms with Crippen LogP contribution in [0.25, 0.3) is 0 Å². The maximum absolute atomic E-state index is 12.1. The van der Waals surface area contributed by atoms with Gasteiger partial charge in [-0.2, -0.15) is 0 Å². The average molecular weight is 254 g/mol. The second-order valence-electron chi connectivity index (χ2n) is 4.41. The van der Waals surface area contributed by atoms with Crippen molar-refractivity contribution in [3.63, 3.8) is 0 Å². The second-order valence-corrected chi connectivity index (χ2v) is 4.85. The fourth-order valence-corrected chi connectivity index (χ4v) is 2.29. The number of nitrogens with two attached hydrogens (primary N) is 1. The molecule has 1 fully saturated rings. The van der Waals surface area contributed by atoms with Gasteiger partial charge in [0.15, 0.2) is 5.78 Å². The highest BCUT2D eigenvalue weighted by Gasteiger charge is 2.19. The number of halogens is 1. The Morgan fingerprint density at radius 3 is 2.76 bits per heavy atom. The van der Waals surface area contributed by atoms with Crippen LogP contribution in [0.2, 0.25) is 5.02 Å². The summed E-state index contributed by atoms with van der Waals surface area (Å²) in [6, 6.07) is 5.03. The molecule has 0 atom stereocenters. The lowest BCUT2D eigenvalue weighted by atomic mass is 9.91. The van der Waals surface area contributed by atoms with E-state index in [1.807, 2.05) is 0 Å². The van der Waals surface area contributed by atoms with Gasteiger partial charge in [0.05, 0.1) is 0 Å². The van der Waals surface area contributed by atoms with E-state index in [2.05, 4.69) is 0 Å². The standard InChI is InChI=1S/C13H16ClNO2/c14-10-1-2-11(12(15)8-10)13(16)7-9-3-5-17-6-4-9/h1-2,8-9H,3-7,15H2. The van der Waals surface area contributed by atoms with Crippen molar-refractivity contribution in [3.05, 3.63) is 28.8 Å². The quantitative estimate of drug-likeness (QED) is 0.666. The van der Waals surface area contributed by atoms with Crippen LogP contribution < -0.4 is 5.73 Å². The summed E-state index contributed by atoms with van der Waals surface area (Å²) >= 11 is 5.81. The van der Waals surface area contributed by atoms with Gasteiger partial charge < -0.3 is 10.5 Å². The van der Waals surface area contributed by atoms with Gasteiger partial charge in [-0.3, -0.25) is 4.79 Å². The monoisotopic (exact) mass is 253 g/mol. The molecule has 3 nitrogen and oxygen atoms in total. The van der Waals surface area contributed by atoms with Crippen molar-refractivity contribution in [3.8, 4) is 0 Å². The molecule has 4 heteroatoms. The summed E-state index contributed by atoms with van der Waals surface area (Å²) in [5.41, 5.74) is 6.85. The lowest BCUT2D eigenvalue weighted by Gasteiger charge is -2.21. The number of carbonyl (C=O) groups is 1. The van der Waals surface area contributed by atoms with Gasteiger partial charge in [0, 0.05) is 35.9 Å². The van der Waals surface area contributed by atoms with E-state index < -0.39 is 0 Å². The van der Waals surface area contributed by atoms with Gasteiger partial charge >= 0.3 is 0 Å². The number of ketones is 1. The van der Waals surface area contributed by atoms with E-state index in [9.17, 15) is 4.79 Å². The molecule has 1 aliphatic rings. The van der Waals surface area contributed by atoms with Gasteiger partial charge in [-0.1, -0.05) is 11.6 Å². The molecule has 0 unspecified atom stereocenters. The summed E-state index contributed by atoms with van der Waals surface area (Å²) in [6.07, 6.45) is 2.47. The van der Waals surface area contributed by atoms with Crippen LogP contribution in [0, 0.1) is 5.92 Å². The van der Waals surface area contributed by atoms with Crippen LogP contribution in [0.15, 0.2) is 18.2 Å². The normalized spacial score (nSPS) is 17.0. The van der Waals surface area contributed by atoms with Gasteiger partial charge in [0.1, 0.15) is 0 Å². The molecule has 0 saturated carbocycles. The van der Waals surface area contributed by atoms with Crippen LogP contribution in [0.3, 0.4) is 0 Å². The third-order valence-corrected chi connectivity index (χ3v) is 3.36. The van der Waals surface area contributed by atoms with Crippen LogP contribution in [0.1, 0.15) is 29.6 Å². The molecule has 1 aliphatic heterocycles. The molecule has 17 heavy (non-hydrogen) atoms. The average Bonchev–Trinajstić information content (AvgIpc) is 2.30. The Labute approximate surface area is 106 Å². The van der Waals surface area contributed by atoms with E-state index in [1.165, 1.54) is 0 Å². The fourth-order valence-electron chi connectivity index (χ4n) is 2.11. The van der Waals surface area contributed by atoms with Gasteiger partial charge in [0.2, 0.25) is 0 Å². The number of anilines is 1. The Morgan fingerprint density at radius 1 is 1.41 bits per heavy atom. The van der Waals surface area contributed by atoms with E-state index >= 15 is 0 Å². The largest absolute Gasteiger partial charge is 0.398 e. The van der Waals surface area contributed by atoms with E-state index in [0.29, 0.717) is 28.6 Å². The molecule has 0 radical (unpaired) electrons. The number of hydrogen-bond donors (Lipinski definition) is 1. The van der Waals surface area contributed by atoms with E-state index in [0.717, 1.165) is 26.1 Å². The first-order valence-electron chi connectivity index (χ1n) is 5.83. The summed E-state index contributed by atoms with van der Waals surface area (Å²) in [5.74, 6) is 0.525. The first-order chi connectivity index (χ1) is 8.16. The van der Waals surface area contributed by atoms with Crippen molar-refractivity contribution in [2.45, 2.75) is 19.3 Å². The highest BCUT2D eigenvalue weighted by atomic mass is 35.5. The van der Waals surface area contributed by atoms with E-state index in [-0.39, 0.29) is 5.78 Å². The Balaban J connectivity index is 2.03. The summed E-state index contributed by atoms with van der Waals surface area (Å²) in [6.45, 7) is 1.52. The summed E-state index contributed by atoms with van der Waals surface area (Å²) in [7, 11) is 0. The topological polar surface area (TPSA) is 52.3 Å². The highest BCUT2D eigenvalue weighted by molar-refractivity contribution is 6.31. The number of carbonyl (C=O) groups excluding carboxylic acids is 1. The number of ether oxygens (including phenoxy) is 1. The minimum atomic E-state index is 0.103. The molecule has 1 aromatic rings. The number of hydrogen-bond acceptors (Lipinski definition) is 3. The van der Waals surface area contributed by atoms with Crippen molar-refractivity contribution in [2.75, 3.05) is 18.9 Å². The van der Waals surface area contributed by atoms with Crippen LogP contribution in [-0.2, 0) is 4.74 Å². The molecule has 1 saturated heterocycles. The molecule has 1 heterocycles. The van der Waals surface area contributed by atoms with Gasteiger partial charge in [-0.25, -0.2) is 0 Å². The summed E-state index contributed by atoms with van der Waals surface area (Å²) in [5, 5.41) is 0.560. The first-order valence-corrected chi connectivity index (χ1v) is 6.20. The molecule has 2 N–H and O–H groups in total. The minimum Gasteiger partial charge on any atom is -0.398 e. The van der Waals surface area contributed by atoms with Crippen molar-refractivity contribution in [2.24, 2.45) is 5.92 Å². The van der Waals surface area contributed by atoms with Gasteiger partial charge in [-0.05, 0) is 37.0 Å².